The molecule has 3 aromatic heterocycles. The van der Waals surface area contributed by atoms with Crippen molar-refractivity contribution in [2.45, 2.75) is 60.8 Å². The van der Waals surface area contributed by atoms with Crippen LogP contribution in [0.5, 0.6) is 5.75 Å². The molecule has 0 bridgehead atoms. The average molecular weight is 862 g/mol. The van der Waals surface area contributed by atoms with Crippen LogP contribution in [0.2, 0.25) is 13.1 Å². The fraction of sp³-hybridized carbons (Fsp3) is 0.227. The summed E-state index contributed by atoms with van der Waals surface area (Å²) in [5, 5.41) is 3.02. The average Bonchev–Trinajstić information content (AvgIpc) is 3.56. The summed E-state index contributed by atoms with van der Waals surface area (Å²) < 4.78 is 98.8. The zero-order valence-electron chi connectivity index (χ0n) is 39.3. The van der Waals surface area contributed by atoms with E-state index in [1.807, 2.05) is 36.4 Å². The Morgan fingerprint density at radius 1 is 0.820 bits per heavy atom. The van der Waals surface area contributed by atoms with Crippen molar-refractivity contribution in [2.75, 3.05) is 0 Å². The number of aryl methyl sites for hydroxylation is 3. The maximum absolute atomic E-state index is 8.94. The molecule has 50 heavy (non-hydrogen) atoms. The molecule has 255 valence electrons. The third-order valence-corrected chi connectivity index (χ3v) is 10.7. The summed E-state index contributed by atoms with van der Waals surface area (Å²) in [6, 6.07) is 31.3. The van der Waals surface area contributed by atoms with E-state index in [0.717, 1.165) is 44.0 Å². The minimum Gasteiger partial charge on any atom is -0.545 e. The molecule has 1 radical (unpaired) electrons. The summed E-state index contributed by atoms with van der Waals surface area (Å²) in [5.74, 6) is 0.727. The first kappa shape index (κ1) is 23.9. The van der Waals surface area contributed by atoms with Gasteiger partial charge in [-0.05, 0) is 73.2 Å². The number of para-hydroxylation sites is 1. The fourth-order valence-corrected chi connectivity index (χ4v) is 8.65. The number of furan rings is 1. The molecule has 0 saturated carbocycles. The zero-order chi connectivity index (χ0) is 43.8. The molecule has 8 rings (SSSR count). The minimum atomic E-state index is -2.64. The van der Waals surface area contributed by atoms with Gasteiger partial charge in [-0.15, -0.1) is 59.2 Å². The standard InChI is InChI=1S/C31H30NO2Si.C13H12N.Ir/c1-19-18-32-26(16-20(19)17-31(2,3)4)25-12-9-11-24-23-15-14-22-21-10-7-8-13-27(21)33-28(22)29(23)34-35(5,6)30(24)25;1-10-3-6-12(7-4-10)13-8-5-11(2)9-14-13;/h7-11,13-16,18H,17H2,1-6H3;3-6,8-9H,1-2H3;/q2*-1;/i1D3,17D2;1D3,2D3;. The van der Waals surface area contributed by atoms with Crippen molar-refractivity contribution in [3.63, 3.8) is 0 Å². The van der Waals surface area contributed by atoms with Crippen molar-refractivity contribution in [3.05, 3.63) is 132 Å². The first-order chi connectivity index (χ1) is 27.8. The Kier molecular flexibility index (Phi) is 6.58. The maximum Gasteiger partial charge on any atom is 0.231 e. The number of fused-ring (bicyclic) bond motifs is 7. The smallest absolute Gasteiger partial charge is 0.231 e. The van der Waals surface area contributed by atoms with Crippen molar-refractivity contribution < 1.29 is 44.0 Å². The minimum absolute atomic E-state index is 0. The molecule has 0 saturated heterocycles. The molecule has 6 heteroatoms. The summed E-state index contributed by atoms with van der Waals surface area (Å²) in [7, 11) is -2.64. The molecule has 0 amide bonds. The van der Waals surface area contributed by atoms with Gasteiger partial charge in [-0.3, -0.25) is 0 Å². The number of hydrogen-bond acceptors (Lipinski definition) is 4. The molecule has 4 heterocycles. The van der Waals surface area contributed by atoms with Crippen molar-refractivity contribution in [2.24, 2.45) is 5.41 Å². The molecular formula is C44H42IrN2O2Si-2. The van der Waals surface area contributed by atoms with Gasteiger partial charge in [0.25, 0.3) is 0 Å². The molecule has 1 aliphatic rings. The Labute approximate surface area is 325 Å². The Morgan fingerprint density at radius 3 is 2.34 bits per heavy atom. The molecule has 4 nitrogen and oxygen atoms in total. The molecule has 7 aromatic rings. The first-order valence-corrected chi connectivity index (χ1v) is 18.9. The predicted octanol–water partition coefficient (Wildman–Crippen LogP) is 11.0. The van der Waals surface area contributed by atoms with Gasteiger partial charge in [0, 0.05) is 63.9 Å². The second kappa shape index (κ2) is 13.8. The van der Waals surface area contributed by atoms with Crippen molar-refractivity contribution in [1.82, 2.24) is 9.97 Å². The number of rotatable bonds is 3. The second-order valence-electron chi connectivity index (χ2n) is 13.6. The van der Waals surface area contributed by atoms with Crippen LogP contribution in [-0.2, 0) is 26.5 Å². The topological polar surface area (TPSA) is 48.2 Å². The number of aromatic nitrogens is 2. The van der Waals surface area contributed by atoms with Crippen molar-refractivity contribution in [1.29, 1.82) is 0 Å². The molecule has 0 N–H and O–H groups in total. The van der Waals surface area contributed by atoms with Gasteiger partial charge in [0.1, 0.15) is 5.58 Å². The number of hydrogen-bond donors (Lipinski definition) is 0. The van der Waals surface area contributed by atoms with Crippen LogP contribution in [0.15, 0.2) is 102 Å². The molecule has 4 aromatic carbocycles. The summed E-state index contributed by atoms with van der Waals surface area (Å²) in [6.07, 6.45) is 0.679. The summed E-state index contributed by atoms with van der Waals surface area (Å²) in [5.41, 5.74) is 5.36. The van der Waals surface area contributed by atoms with Crippen LogP contribution in [0.1, 0.15) is 58.1 Å². The number of nitrogens with zero attached hydrogens (tertiary/aromatic N) is 2. The van der Waals surface area contributed by atoms with Crippen LogP contribution in [0.4, 0.5) is 0 Å². The molecular weight excluding hydrogens is 809 g/mol. The molecule has 0 atom stereocenters. The van der Waals surface area contributed by atoms with Crippen LogP contribution >= 0.6 is 0 Å². The van der Waals surface area contributed by atoms with Gasteiger partial charge in [-0.2, -0.15) is 0 Å². The molecule has 1 aliphatic heterocycles. The van der Waals surface area contributed by atoms with E-state index in [9.17, 15) is 0 Å². The van der Waals surface area contributed by atoms with Crippen molar-refractivity contribution in [3.8, 4) is 39.4 Å². The predicted molar refractivity (Wildman–Crippen MR) is 205 cm³/mol. The number of benzene rings is 4. The van der Waals surface area contributed by atoms with E-state index >= 15 is 0 Å². The van der Waals surface area contributed by atoms with Crippen LogP contribution in [0.25, 0.3) is 55.6 Å². The van der Waals surface area contributed by atoms with Gasteiger partial charge < -0.3 is 18.8 Å². The van der Waals surface area contributed by atoms with Crippen LogP contribution in [-0.4, -0.2) is 18.3 Å². The Balaban J connectivity index is 0.000000250. The zero-order valence-corrected chi connectivity index (χ0v) is 31.7. The summed E-state index contributed by atoms with van der Waals surface area (Å²) >= 11 is 0. The third-order valence-electron chi connectivity index (χ3n) is 8.27. The third kappa shape index (κ3) is 6.98. The van der Waals surface area contributed by atoms with E-state index in [4.69, 9.17) is 23.9 Å². The Morgan fingerprint density at radius 2 is 1.62 bits per heavy atom. The van der Waals surface area contributed by atoms with Gasteiger partial charge in [-0.1, -0.05) is 86.4 Å². The molecule has 0 fully saturated rings. The Hall–Kier alpha value is -4.35. The van der Waals surface area contributed by atoms with E-state index in [-0.39, 0.29) is 42.4 Å². The van der Waals surface area contributed by atoms with Gasteiger partial charge in [0.05, 0.1) is 0 Å². The van der Waals surface area contributed by atoms with Gasteiger partial charge in [0.15, 0.2) is 11.3 Å². The van der Waals surface area contributed by atoms with Gasteiger partial charge in [0.2, 0.25) is 8.32 Å². The maximum atomic E-state index is 8.94. The monoisotopic (exact) mass is 862 g/mol. The Bertz CT molecular complexity index is 2680. The van der Waals surface area contributed by atoms with E-state index in [0.29, 0.717) is 22.5 Å². The van der Waals surface area contributed by atoms with Crippen molar-refractivity contribution >= 4 is 35.4 Å². The summed E-state index contributed by atoms with van der Waals surface area (Å²) in [6.45, 7) is 2.69. The van der Waals surface area contributed by atoms with Crippen LogP contribution < -0.4 is 9.61 Å². The quantitative estimate of drug-likeness (QED) is 0.131. The van der Waals surface area contributed by atoms with Gasteiger partial charge >= 0.3 is 0 Å². The van der Waals surface area contributed by atoms with Crippen LogP contribution in [0.3, 0.4) is 0 Å². The van der Waals surface area contributed by atoms with Gasteiger partial charge in [-0.25, -0.2) is 0 Å². The van der Waals surface area contributed by atoms with E-state index in [1.165, 1.54) is 30.6 Å². The number of pyridine rings is 2. The normalized spacial score (nSPS) is 17.3. The van der Waals surface area contributed by atoms with E-state index in [1.54, 1.807) is 39.0 Å². The fourth-order valence-electron chi connectivity index (χ4n) is 6.17. The SMILES string of the molecule is [2H]C([2H])([2H])c1c[c-]c(-c2ccc(C([2H])([2H])[2H])cn2)cc1.[2H]C([2H])([2H])c1cnc(-c2[c-]ccc3c2[Si](C)(C)Oc2c-3ccc3c2oc2ccccc23)cc1C([2H])([2H])C(C)(C)C.[Ir]. The van der Waals surface area contributed by atoms with Crippen LogP contribution in [0, 0.1) is 38.1 Å². The largest absolute Gasteiger partial charge is 0.545 e. The summed E-state index contributed by atoms with van der Waals surface area (Å²) in [4.78, 5) is 8.65. The van der Waals surface area contributed by atoms with E-state index < -0.39 is 40.7 Å². The molecule has 0 aliphatic carbocycles. The second-order valence-corrected chi connectivity index (χ2v) is 17.3. The van der Waals surface area contributed by atoms with E-state index in [2.05, 4.69) is 47.3 Å². The molecule has 0 unspecified atom stereocenters. The molecule has 0 spiro atoms. The first-order valence-electron chi connectivity index (χ1n) is 21.5.